The molecule has 0 radical (unpaired) electrons. The van der Waals surface area contributed by atoms with Crippen molar-refractivity contribution in [2.75, 3.05) is 24.6 Å². The summed E-state index contributed by atoms with van der Waals surface area (Å²) < 4.78 is 2.66. The maximum absolute atomic E-state index is 9.01. The van der Waals surface area contributed by atoms with Crippen LogP contribution in [0, 0.1) is 0 Å². The molecule has 0 saturated carbocycles. The molecule has 1 N–H and O–H groups in total. The van der Waals surface area contributed by atoms with Gasteiger partial charge in [0, 0.05) is 31.7 Å². The van der Waals surface area contributed by atoms with Crippen molar-refractivity contribution in [3.05, 3.63) is 23.2 Å². The number of halogens is 1. The number of aliphatic hydroxyl groups is 1. The second-order valence-corrected chi connectivity index (χ2v) is 4.16. The average Bonchev–Trinajstić information content (AvgIpc) is 2.72. The molecule has 2 aromatic rings. The molecule has 2 aromatic heterocycles. The third-order valence-electron chi connectivity index (χ3n) is 2.38. The second-order valence-electron chi connectivity index (χ2n) is 3.35. The highest BCUT2D eigenvalue weighted by molar-refractivity contribution is 9.10. The van der Waals surface area contributed by atoms with E-state index in [2.05, 4.69) is 25.9 Å². The van der Waals surface area contributed by atoms with Crippen LogP contribution in [0.5, 0.6) is 0 Å². The molecule has 0 aromatic carbocycles. The zero-order valence-electron chi connectivity index (χ0n) is 8.97. The van der Waals surface area contributed by atoms with Gasteiger partial charge in [-0.1, -0.05) is 0 Å². The first-order valence-corrected chi connectivity index (χ1v) is 5.90. The molecule has 0 atom stereocenters. The van der Waals surface area contributed by atoms with E-state index in [0.29, 0.717) is 6.54 Å². The monoisotopic (exact) mass is 284 g/mol. The highest BCUT2D eigenvalue weighted by atomic mass is 79.9. The molecule has 5 nitrogen and oxygen atoms in total. The first-order chi connectivity index (χ1) is 7.76. The van der Waals surface area contributed by atoms with Gasteiger partial charge in [0.15, 0.2) is 11.5 Å². The van der Waals surface area contributed by atoms with Crippen molar-refractivity contribution < 1.29 is 5.11 Å². The molecule has 0 aliphatic carbocycles. The van der Waals surface area contributed by atoms with E-state index in [9.17, 15) is 0 Å². The van der Waals surface area contributed by atoms with Crippen molar-refractivity contribution in [2.24, 2.45) is 0 Å². The number of hydrogen-bond acceptors (Lipinski definition) is 4. The number of likely N-dealkylation sites (N-methyl/N-ethyl adjacent to an activating group) is 1. The minimum absolute atomic E-state index is 0.106. The number of aromatic nitrogens is 3. The zero-order chi connectivity index (χ0) is 11.5. The SMILES string of the molecule is CCN(CCO)c1nc(Br)cn2ccnc12. The molecular formula is C10H13BrN4O. The van der Waals surface area contributed by atoms with Crippen molar-refractivity contribution in [3.8, 4) is 0 Å². The summed E-state index contributed by atoms with van der Waals surface area (Å²) >= 11 is 3.37. The molecule has 2 rings (SSSR count). The van der Waals surface area contributed by atoms with Gasteiger partial charge in [0.2, 0.25) is 0 Å². The van der Waals surface area contributed by atoms with Crippen molar-refractivity contribution >= 4 is 27.4 Å². The van der Waals surface area contributed by atoms with E-state index in [1.807, 2.05) is 28.6 Å². The minimum Gasteiger partial charge on any atom is -0.395 e. The lowest BCUT2D eigenvalue weighted by Crippen LogP contribution is -2.27. The first-order valence-electron chi connectivity index (χ1n) is 5.11. The summed E-state index contributed by atoms with van der Waals surface area (Å²) in [5, 5.41) is 9.01. The third kappa shape index (κ3) is 2.03. The lowest BCUT2D eigenvalue weighted by molar-refractivity contribution is 0.302. The summed E-state index contributed by atoms with van der Waals surface area (Å²) in [5.41, 5.74) is 0.804. The fraction of sp³-hybridized carbons (Fsp3) is 0.400. The molecule has 0 bridgehead atoms. The Morgan fingerprint density at radius 2 is 2.38 bits per heavy atom. The molecular weight excluding hydrogens is 272 g/mol. The van der Waals surface area contributed by atoms with Crippen LogP contribution in [0.3, 0.4) is 0 Å². The van der Waals surface area contributed by atoms with Gasteiger partial charge in [0.25, 0.3) is 0 Å². The Hall–Kier alpha value is -1.14. The van der Waals surface area contributed by atoms with Crippen LogP contribution in [0.2, 0.25) is 0 Å². The molecule has 2 heterocycles. The molecule has 0 amide bonds. The Balaban J connectivity index is 2.52. The van der Waals surface area contributed by atoms with Gasteiger partial charge in [-0.15, -0.1) is 0 Å². The van der Waals surface area contributed by atoms with Crippen LogP contribution >= 0.6 is 15.9 Å². The maximum Gasteiger partial charge on any atom is 0.180 e. The van der Waals surface area contributed by atoms with E-state index < -0.39 is 0 Å². The summed E-state index contributed by atoms with van der Waals surface area (Å²) in [6.07, 6.45) is 5.47. The topological polar surface area (TPSA) is 53.7 Å². The van der Waals surface area contributed by atoms with Gasteiger partial charge in [0.1, 0.15) is 4.60 Å². The zero-order valence-corrected chi connectivity index (χ0v) is 10.6. The minimum atomic E-state index is 0.106. The predicted octanol–water partition coefficient (Wildman–Crippen LogP) is 1.31. The number of hydrogen-bond donors (Lipinski definition) is 1. The Bertz CT molecular complexity index is 485. The lowest BCUT2D eigenvalue weighted by Gasteiger charge is -2.21. The molecule has 0 fully saturated rings. The van der Waals surface area contributed by atoms with Gasteiger partial charge in [-0.05, 0) is 22.9 Å². The van der Waals surface area contributed by atoms with Crippen molar-refractivity contribution in [1.29, 1.82) is 0 Å². The number of rotatable bonds is 4. The molecule has 6 heteroatoms. The Morgan fingerprint density at radius 3 is 3.06 bits per heavy atom. The molecule has 0 spiro atoms. The van der Waals surface area contributed by atoms with E-state index in [1.165, 1.54) is 0 Å². The van der Waals surface area contributed by atoms with Crippen molar-refractivity contribution in [3.63, 3.8) is 0 Å². The summed E-state index contributed by atoms with van der Waals surface area (Å²) in [4.78, 5) is 10.7. The van der Waals surface area contributed by atoms with Gasteiger partial charge >= 0.3 is 0 Å². The van der Waals surface area contributed by atoms with E-state index in [0.717, 1.165) is 22.6 Å². The Kier molecular flexibility index (Phi) is 3.40. The van der Waals surface area contributed by atoms with E-state index in [-0.39, 0.29) is 6.61 Å². The fourth-order valence-electron chi connectivity index (χ4n) is 1.63. The summed E-state index contributed by atoms with van der Waals surface area (Å²) in [7, 11) is 0. The maximum atomic E-state index is 9.01. The summed E-state index contributed by atoms with van der Waals surface area (Å²) in [6.45, 7) is 3.47. The number of nitrogens with zero attached hydrogens (tertiary/aromatic N) is 4. The summed E-state index contributed by atoms with van der Waals surface area (Å²) in [5.74, 6) is 0.788. The Labute approximate surface area is 102 Å². The summed E-state index contributed by atoms with van der Waals surface area (Å²) in [6, 6.07) is 0. The Morgan fingerprint density at radius 1 is 1.56 bits per heavy atom. The molecule has 0 aliphatic heterocycles. The van der Waals surface area contributed by atoms with Gasteiger partial charge < -0.3 is 14.4 Å². The molecule has 86 valence electrons. The highest BCUT2D eigenvalue weighted by Gasteiger charge is 2.12. The predicted molar refractivity (Wildman–Crippen MR) is 65.7 cm³/mol. The van der Waals surface area contributed by atoms with Crippen LogP contribution in [-0.4, -0.2) is 39.2 Å². The number of aliphatic hydroxyl groups excluding tert-OH is 1. The average molecular weight is 285 g/mol. The smallest absolute Gasteiger partial charge is 0.180 e. The van der Waals surface area contributed by atoms with Gasteiger partial charge in [-0.2, -0.15) is 0 Å². The van der Waals surface area contributed by atoms with Crippen LogP contribution in [-0.2, 0) is 0 Å². The van der Waals surface area contributed by atoms with Gasteiger partial charge in [-0.25, -0.2) is 9.97 Å². The molecule has 0 saturated heterocycles. The largest absolute Gasteiger partial charge is 0.395 e. The van der Waals surface area contributed by atoms with Crippen LogP contribution in [0.15, 0.2) is 23.2 Å². The fourth-order valence-corrected chi connectivity index (χ4v) is 2.02. The van der Waals surface area contributed by atoms with Crippen LogP contribution in [0.4, 0.5) is 5.82 Å². The first kappa shape index (κ1) is 11.3. The number of fused-ring (bicyclic) bond motifs is 1. The normalized spacial score (nSPS) is 10.9. The van der Waals surface area contributed by atoms with Crippen molar-refractivity contribution in [1.82, 2.24) is 14.4 Å². The molecule has 0 unspecified atom stereocenters. The van der Waals surface area contributed by atoms with E-state index in [1.54, 1.807) is 6.20 Å². The van der Waals surface area contributed by atoms with Crippen LogP contribution < -0.4 is 4.90 Å². The highest BCUT2D eigenvalue weighted by Crippen LogP contribution is 2.20. The quantitative estimate of drug-likeness (QED) is 0.920. The van der Waals surface area contributed by atoms with E-state index in [4.69, 9.17) is 5.11 Å². The third-order valence-corrected chi connectivity index (χ3v) is 2.76. The number of anilines is 1. The lowest BCUT2D eigenvalue weighted by atomic mass is 10.4. The van der Waals surface area contributed by atoms with E-state index >= 15 is 0 Å². The van der Waals surface area contributed by atoms with Gasteiger partial charge in [-0.3, -0.25) is 0 Å². The number of imidazole rings is 1. The van der Waals surface area contributed by atoms with Crippen LogP contribution in [0.1, 0.15) is 6.92 Å². The van der Waals surface area contributed by atoms with Crippen molar-refractivity contribution in [2.45, 2.75) is 6.92 Å². The molecule has 16 heavy (non-hydrogen) atoms. The van der Waals surface area contributed by atoms with Crippen LogP contribution in [0.25, 0.3) is 5.65 Å². The van der Waals surface area contributed by atoms with Gasteiger partial charge in [0.05, 0.1) is 6.61 Å². The second kappa shape index (κ2) is 4.80. The standard InChI is InChI=1S/C10H13BrN4O/c1-2-14(5-6-16)10-9-12-3-4-15(9)7-8(11)13-10/h3-4,7,16H,2,5-6H2,1H3. The molecule has 0 aliphatic rings.